The van der Waals surface area contributed by atoms with E-state index in [1.807, 2.05) is 22.7 Å². The quantitative estimate of drug-likeness (QED) is 0.160. The Morgan fingerprint density at radius 1 is 0.339 bits per heavy atom. The molecular formula is C54H34N2OS2. The van der Waals surface area contributed by atoms with Gasteiger partial charge in [-0.15, -0.1) is 22.7 Å². The molecule has 59 heavy (non-hydrogen) atoms. The molecule has 3 heterocycles. The molecule has 0 spiro atoms. The van der Waals surface area contributed by atoms with Crippen LogP contribution in [-0.2, 0) is 0 Å². The second-order valence-electron chi connectivity index (χ2n) is 14.9. The van der Waals surface area contributed by atoms with Gasteiger partial charge in [-0.05, 0) is 108 Å². The van der Waals surface area contributed by atoms with E-state index in [9.17, 15) is 0 Å². The molecule has 5 heteroatoms. The van der Waals surface area contributed by atoms with Crippen LogP contribution in [0, 0.1) is 0 Å². The molecule has 9 aromatic carbocycles. The third-order valence-corrected chi connectivity index (χ3v) is 13.8. The molecule has 0 atom stereocenters. The highest BCUT2D eigenvalue weighted by Gasteiger charge is 2.23. The molecule has 0 amide bonds. The maximum absolute atomic E-state index is 6.90. The smallest absolute Gasteiger partial charge is 0.160 e. The Morgan fingerprint density at radius 2 is 0.814 bits per heavy atom. The fraction of sp³-hybridized carbons (Fsp3) is 0. The summed E-state index contributed by atoms with van der Waals surface area (Å²) < 4.78 is 12.1. The number of fused-ring (bicyclic) bond motifs is 9. The number of hydrogen-bond acceptors (Lipinski definition) is 5. The first-order chi connectivity index (χ1) is 29.2. The molecule has 0 radical (unpaired) electrons. The van der Waals surface area contributed by atoms with Crippen LogP contribution < -0.4 is 9.80 Å². The number of rotatable bonds is 7. The van der Waals surface area contributed by atoms with E-state index in [1.165, 1.54) is 40.3 Å². The minimum absolute atomic E-state index is 0.856. The summed E-state index contributed by atoms with van der Waals surface area (Å²) >= 11 is 3.69. The van der Waals surface area contributed by atoms with E-state index in [2.05, 4.69) is 216 Å². The van der Waals surface area contributed by atoms with Crippen LogP contribution in [-0.4, -0.2) is 0 Å². The topological polar surface area (TPSA) is 19.6 Å². The number of furan rings is 1. The zero-order valence-electron chi connectivity index (χ0n) is 31.7. The maximum Gasteiger partial charge on any atom is 0.160 e. The van der Waals surface area contributed by atoms with Crippen LogP contribution in [0.4, 0.5) is 34.1 Å². The van der Waals surface area contributed by atoms with E-state index < -0.39 is 0 Å². The van der Waals surface area contributed by atoms with Gasteiger partial charge in [0.15, 0.2) is 5.58 Å². The van der Waals surface area contributed by atoms with Crippen molar-refractivity contribution in [2.45, 2.75) is 0 Å². The number of hydrogen-bond donors (Lipinski definition) is 0. The zero-order chi connectivity index (χ0) is 38.9. The van der Waals surface area contributed by atoms with E-state index in [0.29, 0.717) is 0 Å². The van der Waals surface area contributed by atoms with Crippen molar-refractivity contribution in [1.29, 1.82) is 0 Å². The normalized spacial score (nSPS) is 11.7. The summed E-state index contributed by atoms with van der Waals surface area (Å²) in [5.74, 6) is 0. The van der Waals surface area contributed by atoms with Crippen molar-refractivity contribution in [1.82, 2.24) is 0 Å². The average molecular weight is 791 g/mol. The molecular weight excluding hydrogens is 757 g/mol. The molecule has 0 aliphatic heterocycles. The zero-order valence-corrected chi connectivity index (χ0v) is 33.4. The summed E-state index contributed by atoms with van der Waals surface area (Å²) in [7, 11) is 0. The number of anilines is 6. The molecule has 3 aromatic heterocycles. The van der Waals surface area contributed by atoms with Gasteiger partial charge < -0.3 is 14.2 Å². The Hall–Kier alpha value is -7.18. The van der Waals surface area contributed by atoms with E-state index in [1.54, 1.807) is 0 Å². The van der Waals surface area contributed by atoms with E-state index in [4.69, 9.17) is 4.42 Å². The van der Waals surface area contributed by atoms with E-state index >= 15 is 0 Å². The minimum Gasteiger partial charge on any atom is -0.454 e. The lowest BCUT2D eigenvalue weighted by molar-refractivity contribution is 0.669. The van der Waals surface area contributed by atoms with Gasteiger partial charge in [-0.1, -0.05) is 109 Å². The Labute approximate surface area is 348 Å². The van der Waals surface area contributed by atoms with Crippen molar-refractivity contribution in [3.05, 3.63) is 206 Å². The maximum atomic E-state index is 6.90. The van der Waals surface area contributed by atoms with Crippen LogP contribution in [0.2, 0.25) is 0 Å². The highest BCUT2D eigenvalue weighted by molar-refractivity contribution is 7.26. The fourth-order valence-electron chi connectivity index (χ4n) is 8.76. The third kappa shape index (κ3) is 5.62. The fourth-order valence-corrected chi connectivity index (χ4v) is 10.9. The highest BCUT2D eigenvalue weighted by atomic mass is 32.1. The van der Waals surface area contributed by atoms with Gasteiger partial charge in [-0.3, -0.25) is 0 Å². The van der Waals surface area contributed by atoms with Gasteiger partial charge in [-0.25, -0.2) is 0 Å². The molecule has 0 fully saturated rings. The molecule has 0 saturated heterocycles. The third-order valence-electron chi connectivity index (χ3n) is 11.4. The summed E-state index contributed by atoms with van der Waals surface area (Å²) in [6.07, 6.45) is 0. The van der Waals surface area contributed by atoms with Gasteiger partial charge in [0.1, 0.15) is 5.58 Å². The van der Waals surface area contributed by atoms with Crippen molar-refractivity contribution >= 4 is 119 Å². The van der Waals surface area contributed by atoms with Crippen LogP contribution in [0.3, 0.4) is 0 Å². The summed E-state index contributed by atoms with van der Waals surface area (Å²) in [5, 5.41) is 7.31. The largest absolute Gasteiger partial charge is 0.454 e. The van der Waals surface area contributed by atoms with Gasteiger partial charge >= 0.3 is 0 Å². The summed E-state index contributed by atoms with van der Waals surface area (Å²) in [5.41, 5.74) is 10.5. The first-order valence-electron chi connectivity index (χ1n) is 19.8. The summed E-state index contributed by atoms with van der Waals surface area (Å²) in [4.78, 5) is 4.70. The lowest BCUT2D eigenvalue weighted by atomic mass is 9.97. The second kappa shape index (κ2) is 13.7. The van der Waals surface area contributed by atoms with Crippen LogP contribution >= 0.6 is 22.7 Å². The first-order valence-corrected chi connectivity index (χ1v) is 21.5. The number of para-hydroxylation sites is 3. The second-order valence-corrected chi connectivity index (χ2v) is 17.0. The van der Waals surface area contributed by atoms with E-state index in [-0.39, 0.29) is 0 Å². The number of thiophene rings is 2. The lowest BCUT2D eigenvalue weighted by Crippen LogP contribution is -2.10. The predicted molar refractivity (Wildman–Crippen MR) is 254 cm³/mol. The SMILES string of the molecule is c1ccc(N(c2ccc(-c3ccc(N(c4ccccc4)c4ccc5sc6ccccc6c5c4)c4oc5ccccc5c34)cc2)c2ccc3sc4ccccc4c3c2)cc1. The molecule has 3 nitrogen and oxygen atoms in total. The molecule has 0 bridgehead atoms. The van der Waals surface area contributed by atoms with Crippen molar-refractivity contribution < 1.29 is 4.42 Å². The van der Waals surface area contributed by atoms with Crippen molar-refractivity contribution in [3.63, 3.8) is 0 Å². The Kier molecular flexibility index (Phi) is 7.90. The average Bonchev–Trinajstić information content (AvgIpc) is 3.99. The highest BCUT2D eigenvalue weighted by Crippen LogP contribution is 2.48. The molecule has 12 rings (SSSR count). The summed E-state index contributed by atoms with van der Waals surface area (Å²) in [6.45, 7) is 0. The Balaban J connectivity index is 1.01. The van der Waals surface area contributed by atoms with Crippen molar-refractivity contribution in [2.24, 2.45) is 0 Å². The van der Waals surface area contributed by atoms with Crippen LogP contribution in [0.1, 0.15) is 0 Å². The molecule has 278 valence electrons. The number of benzene rings is 9. The monoisotopic (exact) mass is 790 g/mol. The molecule has 0 aliphatic carbocycles. The van der Waals surface area contributed by atoms with Crippen LogP contribution in [0.15, 0.2) is 211 Å². The Morgan fingerprint density at radius 3 is 1.44 bits per heavy atom. The van der Waals surface area contributed by atoms with Crippen molar-refractivity contribution in [2.75, 3.05) is 9.80 Å². The molecule has 0 saturated carbocycles. The Bertz CT molecular complexity index is 3510. The van der Waals surface area contributed by atoms with Crippen LogP contribution in [0.5, 0.6) is 0 Å². The van der Waals surface area contributed by atoms with Gasteiger partial charge in [0.25, 0.3) is 0 Å². The number of nitrogens with zero attached hydrogens (tertiary/aromatic N) is 2. The molecule has 0 N–H and O–H groups in total. The molecule has 0 aliphatic rings. The minimum atomic E-state index is 0.856. The lowest BCUT2D eigenvalue weighted by Gasteiger charge is -2.26. The summed E-state index contributed by atoms with van der Waals surface area (Å²) in [6, 6.07) is 74.3. The van der Waals surface area contributed by atoms with Gasteiger partial charge in [0, 0.05) is 79.6 Å². The first kappa shape index (κ1) is 33.9. The van der Waals surface area contributed by atoms with Gasteiger partial charge in [-0.2, -0.15) is 0 Å². The molecule has 0 unspecified atom stereocenters. The van der Waals surface area contributed by atoms with E-state index in [0.717, 1.165) is 67.2 Å². The standard InChI is InChI=1S/C54H34N2OS2/c1-3-13-36(14-4-1)55(39-27-31-51-45(33-39)42-17-8-11-21-49(42)58-51)38-25-23-35(24-26-38)41-29-30-47(54-53(41)44-19-7-10-20-48(44)57-54)56(37-15-5-2-6-16-37)40-28-32-52-46(34-40)43-18-9-12-22-50(43)59-52/h1-34H. The predicted octanol–water partition coefficient (Wildman–Crippen LogP) is 16.9. The van der Waals surface area contributed by atoms with Gasteiger partial charge in [0.05, 0.1) is 5.69 Å². The van der Waals surface area contributed by atoms with Crippen LogP contribution in [0.25, 0.3) is 73.4 Å². The van der Waals surface area contributed by atoms with Crippen molar-refractivity contribution in [3.8, 4) is 11.1 Å². The van der Waals surface area contributed by atoms with Gasteiger partial charge in [0.2, 0.25) is 0 Å². The molecule has 12 aromatic rings.